The Bertz CT molecular complexity index is 869. The summed E-state index contributed by atoms with van der Waals surface area (Å²) < 4.78 is 5.83. The Morgan fingerprint density at radius 1 is 0.558 bits per heavy atom. The Morgan fingerprint density at radius 2 is 1.00 bits per heavy atom. The number of carbonyl (C=O) groups is 2. The number of unbranched alkanes of at least 4 members (excludes halogenated alkanes) is 21. The Labute approximate surface area is 322 Å². The normalized spacial score (nSPS) is 13.7. The monoisotopic (exact) mass is 732 g/mol. The molecule has 0 heterocycles. The van der Waals surface area contributed by atoms with E-state index in [0.29, 0.717) is 19.3 Å². The van der Waals surface area contributed by atoms with E-state index in [-0.39, 0.29) is 31.3 Å². The third-order valence-electron chi connectivity index (χ3n) is 9.96. The van der Waals surface area contributed by atoms with Crippen LogP contribution in [0.1, 0.15) is 220 Å². The first kappa shape index (κ1) is 50.1. The standard InChI is InChI=1S/C46H85NO5/c1-4-7-10-13-16-19-21-22-24-27-30-33-36-39-46(51)52-42(37-34-31-28-26-23-20-17-14-11-8-5-2)40-45(50)47-43(41-48)44(49)38-35-32-29-25-18-15-12-9-6-3/h22,24,26,28,30,33,42-44,48-49H,4-21,23,25,27,29,31-32,34-41H2,1-3H3,(H,47,50)/b24-22-,28-26-,33-30+. The molecule has 52 heavy (non-hydrogen) atoms. The van der Waals surface area contributed by atoms with E-state index >= 15 is 0 Å². The van der Waals surface area contributed by atoms with Gasteiger partial charge in [0.1, 0.15) is 6.10 Å². The summed E-state index contributed by atoms with van der Waals surface area (Å²) in [6.07, 6.45) is 45.0. The molecule has 3 atom stereocenters. The molecule has 6 nitrogen and oxygen atoms in total. The van der Waals surface area contributed by atoms with Crippen LogP contribution in [0.25, 0.3) is 0 Å². The number of aliphatic hydroxyl groups is 2. The third kappa shape index (κ3) is 35.1. The van der Waals surface area contributed by atoms with Gasteiger partial charge in [0.25, 0.3) is 0 Å². The van der Waals surface area contributed by atoms with E-state index in [2.05, 4.69) is 56.5 Å². The molecule has 0 rings (SSSR count). The second-order valence-electron chi connectivity index (χ2n) is 15.1. The van der Waals surface area contributed by atoms with Crippen LogP contribution in [0.15, 0.2) is 36.5 Å². The topological polar surface area (TPSA) is 95.9 Å². The average Bonchev–Trinajstić information content (AvgIpc) is 3.13. The zero-order chi connectivity index (χ0) is 38.2. The molecule has 304 valence electrons. The zero-order valence-electron chi connectivity index (χ0n) is 34.4. The van der Waals surface area contributed by atoms with E-state index in [1.54, 1.807) is 0 Å². The first-order valence-corrected chi connectivity index (χ1v) is 22.2. The van der Waals surface area contributed by atoms with Crippen molar-refractivity contribution in [3.8, 4) is 0 Å². The smallest absolute Gasteiger partial charge is 0.306 e. The number of esters is 1. The second-order valence-corrected chi connectivity index (χ2v) is 15.1. The summed E-state index contributed by atoms with van der Waals surface area (Å²) in [5.74, 6) is -0.585. The summed E-state index contributed by atoms with van der Waals surface area (Å²) in [7, 11) is 0. The number of amides is 1. The molecule has 0 saturated heterocycles. The van der Waals surface area contributed by atoms with Gasteiger partial charge in [0, 0.05) is 6.42 Å². The van der Waals surface area contributed by atoms with Gasteiger partial charge in [-0.05, 0) is 64.2 Å². The summed E-state index contributed by atoms with van der Waals surface area (Å²) in [6.45, 7) is 6.40. The van der Waals surface area contributed by atoms with Crippen LogP contribution >= 0.6 is 0 Å². The Balaban J connectivity index is 4.71. The first-order valence-electron chi connectivity index (χ1n) is 22.2. The zero-order valence-corrected chi connectivity index (χ0v) is 34.4. The molecule has 3 unspecified atom stereocenters. The molecule has 0 aromatic heterocycles. The van der Waals surface area contributed by atoms with Crippen molar-refractivity contribution in [1.82, 2.24) is 5.32 Å². The largest absolute Gasteiger partial charge is 0.462 e. The van der Waals surface area contributed by atoms with Gasteiger partial charge in [-0.15, -0.1) is 0 Å². The molecule has 0 aliphatic rings. The fourth-order valence-electron chi connectivity index (χ4n) is 6.54. The highest BCUT2D eigenvalue weighted by atomic mass is 16.5. The maximum Gasteiger partial charge on any atom is 0.306 e. The number of hydrogen-bond acceptors (Lipinski definition) is 5. The first-order chi connectivity index (χ1) is 25.5. The fourth-order valence-corrected chi connectivity index (χ4v) is 6.54. The summed E-state index contributed by atoms with van der Waals surface area (Å²) in [5.41, 5.74) is 0. The molecule has 0 radical (unpaired) electrons. The number of carbonyl (C=O) groups excluding carboxylic acids is 2. The molecule has 6 heteroatoms. The highest BCUT2D eigenvalue weighted by Gasteiger charge is 2.23. The maximum atomic E-state index is 13.1. The van der Waals surface area contributed by atoms with Crippen molar-refractivity contribution in [3.05, 3.63) is 36.5 Å². The predicted octanol–water partition coefficient (Wildman–Crippen LogP) is 12.6. The average molecular weight is 732 g/mol. The molecule has 0 aliphatic carbocycles. The summed E-state index contributed by atoms with van der Waals surface area (Å²) >= 11 is 0. The van der Waals surface area contributed by atoms with Crippen molar-refractivity contribution in [2.45, 2.75) is 238 Å². The van der Waals surface area contributed by atoms with E-state index in [0.717, 1.165) is 51.4 Å². The van der Waals surface area contributed by atoms with Gasteiger partial charge in [-0.3, -0.25) is 9.59 Å². The molecule has 0 bridgehead atoms. The van der Waals surface area contributed by atoms with Crippen molar-refractivity contribution in [1.29, 1.82) is 0 Å². The molecule has 1 amide bonds. The lowest BCUT2D eigenvalue weighted by atomic mass is 10.0. The highest BCUT2D eigenvalue weighted by molar-refractivity contribution is 5.77. The van der Waals surface area contributed by atoms with Crippen LogP contribution < -0.4 is 5.32 Å². The molecule has 3 N–H and O–H groups in total. The molecule has 0 saturated carbocycles. The molecule has 0 aliphatic heterocycles. The summed E-state index contributed by atoms with van der Waals surface area (Å²) in [4.78, 5) is 25.8. The fraction of sp³-hybridized carbons (Fsp3) is 0.826. The van der Waals surface area contributed by atoms with Gasteiger partial charge in [0.2, 0.25) is 5.91 Å². The number of hydrogen-bond donors (Lipinski definition) is 3. The number of nitrogens with one attached hydrogen (secondary N) is 1. The van der Waals surface area contributed by atoms with Gasteiger partial charge < -0.3 is 20.3 Å². The van der Waals surface area contributed by atoms with E-state index in [1.807, 2.05) is 6.08 Å². The lowest BCUT2D eigenvalue weighted by Gasteiger charge is -2.24. The van der Waals surface area contributed by atoms with Crippen molar-refractivity contribution >= 4 is 11.9 Å². The van der Waals surface area contributed by atoms with Crippen LogP contribution in [-0.4, -0.2) is 46.9 Å². The van der Waals surface area contributed by atoms with Gasteiger partial charge in [0.05, 0.1) is 25.2 Å². The van der Waals surface area contributed by atoms with E-state index < -0.39 is 18.2 Å². The van der Waals surface area contributed by atoms with E-state index in [9.17, 15) is 19.8 Å². The van der Waals surface area contributed by atoms with Crippen LogP contribution in [0, 0.1) is 0 Å². The Hall–Kier alpha value is -1.92. The second kappa shape index (κ2) is 40.3. The minimum absolute atomic E-state index is 0.0354. The lowest BCUT2D eigenvalue weighted by molar-refractivity contribution is -0.150. The number of allylic oxidation sites excluding steroid dienone is 6. The molecule has 0 aromatic carbocycles. The molecular weight excluding hydrogens is 647 g/mol. The highest BCUT2D eigenvalue weighted by Crippen LogP contribution is 2.16. The molecule has 0 spiro atoms. The van der Waals surface area contributed by atoms with Crippen LogP contribution in [-0.2, 0) is 14.3 Å². The minimum atomic E-state index is -0.798. The van der Waals surface area contributed by atoms with Crippen molar-refractivity contribution in [2.75, 3.05) is 6.61 Å². The summed E-state index contributed by atoms with van der Waals surface area (Å²) in [6, 6.07) is -0.715. The quantitative estimate of drug-likeness (QED) is 0.0332. The van der Waals surface area contributed by atoms with Gasteiger partial charge in [0.15, 0.2) is 0 Å². The maximum absolute atomic E-state index is 13.1. The number of rotatable bonds is 39. The van der Waals surface area contributed by atoms with Gasteiger partial charge in [-0.2, -0.15) is 0 Å². The lowest BCUT2D eigenvalue weighted by Crippen LogP contribution is -2.46. The van der Waals surface area contributed by atoms with E-state index in [1.165, 1.54) is 116 Å². The Kier molecular flexibility index (Phi) is 38.8. The molecule has 0 fully saturated rings. The number of aliphatic hydroxyl groups excluding tert-OH is 2. The van der Waals surface area contributed by atoms with Gasteiger partial charge >= 0.3 is 5.97 Å². The predicted molar refractivity (Wildman–Crippen MR) is 222 cm³/mol. The third-order valence-corrected chi connectivity index (χ3v) is 9.96. The molecule has 0 aromatic rings. The minimum Gasteiger partial charge on any atom is -0.462 e. The van der Waals surface area contributed by atoms with Crippen molar-refractivity contribution in [3.63, 3.8) is 0 Å². The SMILES string of the molecule is CCCCCCCC/C=C\C/C=C/CCC(=O)OC(CCC/C=C\CCCCCCCC)CC(=O)NC(CO)C(O)CCCCCCCCCCC. The van der Waals surface area contributed by atoms with Crippen molar-refractivity contribution < 1.29 is 24.5 Å². The molecular formula is C46H85NO5. The van der Waals surface area contributed by atoms with Gasteiger partial charge in [-0.1, -0.05) is 179 Å². The van der Waals surface area contributed by atoms with E-state index in [4.69, 9.17) is 4.74 Å². The van der Waals surface area contributed by atoms with Crippen LogP contribution in [0.4, 0.5) is 0 Å². The van der Waals surface area contributed by atoms with Crippen LogP contribution in [0.2, 0.25) is 0 Å². The van der Waals surface area contributed by atoms with Crippen LogP contribution in [0.3, 0.4) is 0 Å². The summed E-state index contributed by atoms with van der Waals surface area (Å²) in [5, 5.41) is 23.5. The van der Waals surface area contributed by atoms with Gasteiger partial charge in [-0.25, -0.2) is 0 Å². The van der Waals surface area contributed by atoms with Crippen LogP contribution in [0.5, 0.6) is 0 Å². The van der Waals surface area contributed by atoms with Crippen molar-refractivity contribution in [2.24, 2.45) is 0 Å². The number of ether oxygens (including phenoxy) is 1. The Morgan fingerprint density at radius 3 is 1.52 bits per heavy atom.